The predicted octanol–water partition coefficient (Wildman–Crippen LogP) is 0.430. The van der Waals surface area contributed by atoms with Crippen LogP contribution in [-0.4, -0.2) is 45.7 Å². The molecule has 1 rings (SSSR count). The van der Waals surface area contributed by atoms with Crippen LogP contribution in [0.3, 0.4) is 0 Å². The molecule has 0 radical (unpaired) electrons. The number of carboxylic acids is 1. The minimum atomic E-state index is -4.09. The van der Waals surface area contributed by atoms with Gasteiger partial charge in [-0.1, -0.05) is 29.8 Å². The zero-order chi connectivity index (χ0) is 16.3. The van der Waals surface area contributed by atoms with Crippen LogP contribution in [0.15, 0.2) is 24.3 Å². The number of carboxylic acid groups (broad SMARTS) is 1. The van der Waals surface area contributed by atoms with Gasteiger partial charge in [-0.2, -0.15) is 4.72 Å². The van der Waals surface area contributed by atoms with Gasteiger partial charge in [0.25, 0.3) is 0 Å². The number of hydrogen-bond acceptors (Lipinski definition) is 5. The number of aliphatic carboxylic acids is 1. The van der Waals surface area contributed by atoms with E-state index in [9.17, 15) is 21.6 Å². The van der Waals surface area contributed by atoms with Gasteiger partial charge in [-0.05, 0) is 11.6 Å². The second-order valence-electron chi connectivity index (χ2n) is 4.36. The molecule has 0 saturated heterocycles. The van der Waals surface area contributed by atoms with Crippen LogP contribution in [0.5, 0.6) is 0 Å². The maximum absolute atomic E-state index is 11.8. The van der Waals surface area contributed by atoms with Crippen molar-refractivity contribution >= 4 is 37.4 Å². The molecule has 1 aromatic rings. The second kappa shape index (κ2) is 6.73. The summed E-state index contributed by atoms with van der Waals surface area (Å²) in [6.45, 7) is 0. The molecule has 1 aromatic carbocycles. The van der Waals surface area contributed by atoms with Crippen LogP contribution >= 0.6 is 11.6 Å². The number of benzene rings is 1. The third-order valence-electron chi connectivity index (χ3n) is 2.48. The Hall–Kier alpha value is -1.16. The maximum Gasteiger partial charge on any atom is 0.326 e. The van der Waals surface area contributed by atoms with Crippen LogP contribution in [0.4, 0.5) is 0 Å². The van der Waals surface area contributed by atoms with Crippen molar-refractivity contribution in [1.82, 2.24) is 4.72 Å². The Balaban J connectivity index is 3.00. The van der Waals surface area contributed by atoms with Crippen molar-refractivity contribution in [2.24, 2.45) is 0 Å². The van der Waals surface area contributed by atoms with E-state index in [1.807, 2.05) is 4.72 Å². The molecule has 7 nitrogen and oxygen atoms in total. The molecule has 0 bridgehead atoms. The average Bonchev–Trinajstić information content (AvgIpc) is 2.34. The first kappa shape index (κ1) is 17.9. The molecule has 0 aliphatic rings. The van der Waals surface area contributed by atoms with Gasteiger partial charge in [0.1, 0.15) is 15.9 Å². The number of hydrogen-bond donors (Lipinski definition) is 2. The summed E-state index contributed by atoms with van der Waals surface area (Å²) in [5.41, 5.74) is 0.0783. The molecule has 0 aromatic heterocycles. The molecular weight excluding hydrogens is 342 g/mol. The lowest BCUT2D eigenvalue weighted by molar-refractivity contribution is -0.139. The topological polar surface area (TPSA) is 118 Å². The Morgan fingerprint density at radius 1 is 1.24 bits per heavy atom. The summed E-state index contributed by atoms with van der Waals surface area (Å²) >= 11 is 5.85. The quantitative estimate of drug-likeness (QED) is 0.732. The smallest absolute Gasteiger partial charge is 0.326 e. The zero-order valence-electron chi connectivity index (χ0n) is 11.0. The van der Waals surface area contributed by atoms with Gasteiger partial charge in [-0.15, -0.1) is 0 Å². The van der Waals surface area contributed by atoms with Crippen LogP contribution < -0.4 is 4.72 Å². The van der Waals surface area contributed by atoms with Gasteiger partial charge in [-0.3, -0.25) is 4.79 Å². The Labute approximate surface area is 127 Å². The predicted molar refractivity (Wildman–Crippen MR) is 78.5 cm³/mol. The van der Waals surface area contributed by atoms with Crippen molar-refractivity contribution in [1.29, 1.82) is 0 Å². The highest BCUT2D eigenvalue weighted by atomic mass is 35.5. The number of sulfone groups is 1. The number of carbonyl (C=O) groups is 1. The van der Waals surface area contributed by atoms with Crippen LogP contribution in [-0.2, 0) is 24.7 Å². The van der Waals surface area contributed by atoms with E-state index in [2.05, 4.69) is 0 Å². The molecule has 0 aliphatic heterocycles. The van der Waals surface area contributed by atoms with Crippen LogP contribution in [0.25, 0.3) is 0 Å². The van der Waals surface area contributed by atoms with Gasteiger partial charge in [-0.25, -0.2) is 16.8 Å². The van der Waals surface area contributed by atoms with Gasteiger partial charge < -0.3 is 5.11 Å². The third kappa shape index (κ3) is 6.00. The number of halogens is 1. The van der Waals surface area contributed by atoms with Gasteiger partial charge in [0, 0.05) is 11.3 Å². The molecule has 21 heavy (non-hydrogen) atoms. The number of nitrogens with one attached hydrogen (secondary N) is 1. The van der Waals surface area contributed by atoms with Gasteiger partial charge in [0.05, 0.1) is 11.5 Å². The lowest BCUT2D eigenvalue weighted by Crippen LogP contribution is -2.36. The largest absolute Gasteiger partial charge is 0.480 e. The molecule has 1 atom stereocenters. The van der Waals surface area contributed by atoms with E-state index < -0.39 is 43.4 Å². The third-order valence-corrected chi connectivity index (χ3v) is 5.37. The monoisotopic (exact) mass is 355 g/mol. The van der Waals surface area contributed by atoms with E-state index in [0.717, 1.165) is 6.26 Å². The van der Waals surface area contributed by atoms with Gasteiger partial charge in [0.15, 0.2) is 0 Å². The number of rotatable bonds is 7. The van der Waals surface area contributed by atoms with E-state index in [0.29, 0.717) is 0 Å². The Kier molecular flexibility index (Phi) is 5.74. The number of sulfonamides is 1. The molecule has 10 heteroatoms. The Morgan fingerprint density at radius 2 is 1.81 bits per heavy atom. The van der Waals surface area contributed by atoms with E-state index >= 15 is 0 Å². The summed E-state index contributed by atoms with van der Waals surface area (Å²) in [5.74, 6) is -2.76. The summed E-state index contributed by atoms with van der Waals surface area (Å²) in [4.78, 5) is 11.2. The van der Waals surface area contributed by atoms with Crippen molar-refractivity contribution in [3.63, 3.8) is 0 Å². The molecule has 118 valence electrons. The lowest BCUT2D eigenvalue weighted by Gasteiger charge is -2.16. The van der Waals surface area contributed by atoms with Crippen molar-refractivity contribution in [2.45, 2.75) is 6.04 Å². The first-order valence-electron chi connectivity index (χ1n) is 5.67. The summed E-state index contributed by atoms with van der Waals surface area (Å²) in [6, 6.07) is 4.31. The lowest BCUT2D eigenvalue weighted by atomic mass is 10.1. The van der Waals surface area contributed by atoms with E-state index in [1.54, 1.807) is 6.07 Å². The fraction of sp³-hybridized carbons (Fsp3) is 0.364. The van der Waals surface area contributed by atoms with E-state index in [-0.39, 0.29) is 10.6 Å². The molecule has 0 unspecified atom stereocenters. The highest BCUT2D eigenvalue weighted by molar-refractivity contribution is 7.93. The fourth-order valence-electron chi connectivity index (χ4n) is 1.46. The van der Waals surface area contributed by atoms with Crippen molar-refractivity contribution in [2.75, 3.05) is 17.8 Å². The standard InChI is InChI=1S/C11H14ClNO6S2/c1-20(16,17)6-7-21(18,19)13-10(11(14)15)8-4-2-3-5-9(8)12/h2-5,10,13H,6-7H2,1H3,(H,14,15)/t10-/m1/s1. The first-order chi connectivity index (χ1) is 9.52. The molecule has 0 fully saturated rings. The van der Waals surface area contributed by atoms with Gasteiger partial charge >= 0.3 is 5.97 Å². The zero-order valence-corrected chi connectivity index (χ0v) is 13.4. The Bertz CT molecular complexity index is 729. The van der Waals surface area contributed by atoms with Crippen molar-refractivity contribution in [3.8, 4) is 0 Å². The normalized spacial score (nSPS) is 13.8. The minimum absolute atomic E-state index is 0.0783. The Morgan fingerprint density at radius 3 is 2.29 bits per heavy atom. The van der Waals surface area contributed by atoms with Crippen LogP contribution in [0.2, 0.25) is 5.02 Å². The second-order valence-corrected chi connectivity index (χ2v) is 8.90. The van der Waals surface area contributed by atoms with E-state index in [4.69, 9.17) is 16.7 Å². The van der Waals surface area contributed by atoms with Gasteiger partial charge in [0.2, 0.25) is 10.0 Å². The molecule has 0 heterocycles. The summed E-state index contributed by atoms with van der Waals surface area (Å²) < 4.78 is 47.5. The van der Waals surface area contributed by atoms with Crippen LogP contribution in [0, 0.1) is 0 Å². The molecule has 0 saturated carbocycles. The molecule has 0 spiro atoms. The van der Waals surface area contributed by atoms with E-state index in [1.165, 1.54) is 18.2 Å². The summed E-state index contributed by atoms with van der Waals surface area (Å²) in [5, 5.41) is 9.23. The molecule has 2 N–H and O–H groups in total. The maximum atomic E-state index is 11.8. The molecule has 0 aliphatic carbocycles. The molecular formula is C11H14ClNO6S2. The fourth-order valence-corrected chi connectivity index (χ4v) is 4.49. The first-order valence-corrected chi connectivity index (χ1v) is 9.76. The summed E-state index contributed by atoms with van der Waals surface area (Å²) in [7, 11) is -7.57. The van der Waals surface area contributed by atoms with Crippen LogP contribution in [0.1, 0.15) is 11.6 Å². The average molecular weight is 356 g/mol. The minimum Gasteiger partial charge on any atom is -0.480 e. The SMILES string of the molecule is CS(=O)(=O)CCS(=O)(=O)N[C@@H](C(=O)O)c1ccccc1Cl. The summed E-state index contributed by atoms with van der Waals surface area (Å²) in [6.07, 6.45) is 0.894. The molecule has 0 amide bonds. The highest BCUT2D eigenvalue weighted by Crippen LogP contribution is 2.23. The van der Waals surface area contributed by atoms with Crippen molar-refractivity contribution in [3.05, 3.63) is 34.9 Å². The highest BCUT2D eigenvalue weighted by Gasteiger charge is 2.27. The van der Waals surface area contributed by atoms with Crippen molar-refractivity contribution < 1.29 is 26.7 Å².